The van der Waals surface area contributed by atoms with Gasteiger partial charge in [0, 0.05) is 41.9 Å². The molecular weight excluding hydrogens is 379 g/mol. The van der Waals surface area contributed by atoms with Crippen LogP contribution in [-0.2, 0) is 0 Å². The third kappa shape index (κ3) is 5.37. The second-order valence-electron chi connectivity index (χ2n) is 6.54. The Hall–Kier alpha value is -2.77. The Balaban J connectivity index is 1.83. The van der Waals surface area contributed by atoms with Crippen molar-refractivity contribution in [2.24, 2.45) is 0 Å². The van der Waals surface area contributed by atoms with Gasteiger partial charge in [-0.15, -0.1) is 0 Å². The lowest BCUT2D eigenvalue weighted by Gasteiger charge is -2.14. The van der Waals surface area contributed by atoms with E-state index in [1.54, 1.807) is 24.7 Å². The lowest BCUT2D eigenvalue weighted by molar-refractivity contribution is 0.405. The Morgan fingerprint density at radius 3 is 2.75 bits per heavy atom. The first kappa shape index (κ1) is 20.0. The molecule has 6 nitrogen and oxygen atoms in total. The van der Waals surface area contributed by atoms with Crippen LogP contribution >= 0.6 is 11.6 Å². The maximum absolute atomic E-state index is 13.4. The van der Waals surface area contributed by atoms with Crippen molar-refractivity contribution in [3.63, 3.8) is 0 Å². The van der Waals surface area contributed by atoms with Gasteiger partial charge >= 0.3 is 0 Å². The Kier molecular flexibility index (Phi) is 6.73. The zero-order chi connectivity index (χ0) is 19.9. The standard InChI is InChI=1S/C20H22ClFN6/c1-28(2)10-4-9-24-19-16(14-5-3-8-23-12-14)13-25-20(27-19)26-15-6-7-18(22)17(21)11-15/h3,5-8,11-13H,4,9-10H2,1-2H3,(H2,24,25,26,27). The predicted octanol–water partition coefficient (Wildman–Crippen LogP) is 4.44. The topological polar surface area (TPSA) is 66.0 Å². The number of halogens is 2. The lowest BCUT2D eigenvalue weighted by atomic mass is 10.1. The molecule has 0 aliphatic heterocycles. The molecule has 28 heavy (non-hydrogen) atoms. The molecule has 3 aromatic rings. The number of anilines is 3. The van der Waals surface area contributed by atoms with Gasteiger partial charge in [-0.05, 0) is 51.3 Å². The smallest absolute Gasteiger partial charge is 0.229 e. The molecule has 2 aromatic heterocycles. The van der Waals surface area contributed by atoms with Crippen molar-refractivity contribution in [1.82, 2.24) is 19.9 Å². The fraction of sp³-hybridized carbons (Fsp3) is 0.250. The van der Waals surface area contributed by atoms with Crippen molar-refractivity contribution in [2.75, 3.05) is 37.8 Å². The van der Waals surface area contributed by atoms with Crippen molar-refractivity contribution in [2.45, 2.75) is 6.42 Å². The van der Waals surface area contributed by atoms with Gasteiger partial charge in [-0.1, -0.05) is 17.7 Å². The summed E-state index contributed by atoms with van der Waals surface area (Å²) in [5.41, 5.74) is 2.40. The highest BCUT2D eigenvalue weighted by atomic mass is 35.5. The van der Waals surface area contributed by atoms with Gasteiger partial charge in [0.15, 0.2) is 0 Å². The van der Waals surface area contributed by atoms with Crippen molar-refractivity contribution < 1.29 is 4.39 Å². The van der Waals surface area contributed by atoms with Crippen molar-refractivity contribution in [3.05, 3.63) is 59.8 Å². The molecule has 0 aliphatic carbocycles. The Bertz CT molecular complexity index is 920. The van der Waals surface area contributed by atoms with E-state index < -0.39 is 5.82 Å². The van der Waals surface area contributed by atoms with Gasteiger partial charge in [-0.25, -0.2) is 9.37 Å². The van der Waals surface area contributed by atoms with Crippen molar-refractivity contribution >= 4 is 29.1 Å². The summed E-state index contributed by atoms with van der Waals surface area (Å²) < 4.78 is 13.4. The molecule has 0 radical (unpaired) electrons. The van der Waals surface area contributed by atoms with E-state index in [1.807, 2.05) is 26.2 Å². The van der Waals surface area contributed by atoms with Crippen LogP contribution in [0.4, 0.5) is 21.8 Å². The number of aromatic nitrogens is 3. The Morgan fingerprint density at radius 1 is 1.18 bits per heavy atom. The Morgan fingerprint density at radius 2 is 2.04 bits per heavy atom. The molecule has 0 saturated heterocycles. The molecule has 0 atom stereocenters. The largest absolute Gasteiger partial charge is 0.369 e. The SMILES string of the molecule is CN(C)CCCNc1nc(Nc2ccc(F)c(Cl)c2)ncc1-c1cccnc1. The molecule has 1 aromatic carbocycles. The number of hydrogen-bond acceptors (Lipinski definition) is 6. The maximum Gasteiger partial charge on any atom is 0.229 e. The first-order valence-corrected chi connectivity index (χ1v) is 9.29. The highest BCUT2D eigenvalue weighted by Gasteiger charge is 2.10. The van der Waals surface area contributed by atoms with Crippen LogP contribution in [-0.4, -0.2) is 47.0 Å². The van der Waals surface area contributed by atoms with Gasteiger partial charge in [0.2, 0.25) is 5.95 Å². The minimum atomic E-state index is -0.469. The molecule has 0 fully saturated rings. The monoisotopic (exact) mass is 400 g/mol. The third-order valence-electron chi connectivity index (χ3n) is 4.01. The fourth-order valence-electron chi connectivity index (χ4n) is 2.62. The second kappa shape index (κ2) is 9.43. The van der Waals surface area contributed by atoms with E-state index >= 15 is 0 Å². The van der Waals surface area contributed by atoms with Crippen LogP contribution in [0, 0.1) is 5.82 Å². The average molecular weight is 401 g/mol. The zero-order valence-corrected chi connectivity index (χ0v) is 16.5. The van der Waals surface area contributed by atoms with E-state index in [9.17, 15) is 4.39 Å². The maximum atomic E-state index is 13.4. The molecule has 3 rings (SSSR count). The van der Waals surface area contributed by atoms with Crippen molar-refractivity contribution in [3.8, 4) is 11.1 Å². The molecule has 2 N–H and O–H groups in total. The van der Waals surface area contributed by atoms with E-state index in [0.717, 1.165) is 30.6 Å². The van der Waals surface area contributed by atoms with Crippen LogP contribution in [0.25, 0.3) is 11.1 Å². The van der Waals surface area contributed by atoms with Crippen LogP contribution in [0.5, 0.6) is 0 Å². The minimum absolute atomic E-state index is 0.0408. The normalized spacial score (nSPS) is 10.9. The first-order valence-electron chi connectivity index (χ1n) is 8.91. The molecule has 0 spiro atoms. The predicted molar refractivity (Wildman–Crippen MR) is 112 cm³/mol. The summed E-state index contributed by atoms with van der Waals surface area (Å²) in [7, 11) is 4.09. The molecule has 8 heteroatoms. The number of hydrogen-bond donors (Lipinski definition) is 2. The molecule has 0 saturated carbocycles. The van der Waals surface area contributed by atoms with Gasteiger partial charge in [0.1, 0.15) is 11.6 Å². The summed E-state index contributed by atoms with van der Waals surface area (Å²) in [5.74, 6) is 0.631. The van der Waals surface area contributed by atoms with Gasteiger partial charge < -0.3 is 15.5 Å². The molecule has 0 bridgehead atoms. The third-order valence-corrected chi connectivity index (χ3v) is 4.30. The van der Waals surface area contributed by atoms with E-state index in [-0.39, 0.29) is 5.02 Å². The van der Waals surface area contributed by atoms with Crippen LogP contribution in [0.2, 0.25) is 5.02 Å². The number of nitrogens with zero attached hydrogens (tertiary/aromatic N) is 4. The molecule has 0 amide bonds. The highest BCUT2D eigenvalue weighted by Crippen LogP contribution is 2.27. The molecular formula is C20H22ClFN6. The summed E-state index contributed by atoms with van der Waals surface area (Å²) in [6.45, 7) is 1.74. The molecule has 146 valence electrons. The van der Waals surface area contributed by atoms with Crippen LogP contribution in [0.15, 0.2) is 48.9 Å². The van der Waals surface area contributed by atoms with Gasteiger partial charge in [0.05, 0.1) is 5.02 Å². The number of pyridine rings is 1. The Labute approximate surface area is 168 Å². The summed E-state index contributed by atoms with van der Waals surface area (Å²) >= 11 is 5.85. The molecule has 2 heterocycles. The van der Waals surface area contributed by atoms with Gasteiger partial charge in [0.25, 0.3) is 0 Å². The average Bonchev–Trinajstić information content (AvgIpc) is 2.69. The second-order valence-corrected chi connectivity index (χ2v) is 6.94. The first-order chi connectivity index (χ1) is 13.5. The summed E-state index contributed by atoms with van der Waals surface area (Å²) in [4.78, 5) is 15.3. The quantitative estimate of drug-likeness (QED) is 0.545. The number of rotatable bonds is 8. The zero-order valence-electron chi connectivity index (χ0n) is 15.8. The number of nitrogens with one attached hydrogen (secondary N) is 2. The number of benzene rings is 1. The summed E-state index contributed by atoms with van der Waals surface area (Å²) in [5, 5.41) is 6.49. The van der Waals surface area contributed by atoms with E-state index in [4.69, 9.17) is 11.6 Å². The minimum Gasteiger partial charge on any atom is -0.369 e. The van der Waals surface area contributed by atoms with E-state index in [2.05, 4.69) is 30.5 Å². The summed E-state index contributed by atoms with van der Waals surface area (Å²) in [6.07, 6.45) is 6.21. The van der Waals surface area contributed by atoms with Gasteiger partial charge in [-0.3, -0.25) is 4.98 Å². The van der Waals surface area contributed by atoms with Crippen LogP contribution in [0.1, 0.15) is 6.42 Å². The van der Waals surface area contributed by atoms with Gasteiger partial charge in [-0.2, -0.15) is 4.98 Å². The van der Waals surface area contributed by atoms with Crippen LogP contribution in [0.3, 0.4) is 0 Å². The van der Waals surface area contributed by atoms with E-state index in [1.165, 1.54) is 12.1 Å². The summed E-state index contributed by atoms with van der Waals surface area (Å²) in [6, 6.07) is 8.22. The fourth-order valence-corrected chi connectivity index (χ4v) is 2.80. The van der Waals surface area contributed by atoms with Crippen molar-refractivity contribution in [1.29, 1.82) is 0 Å². The molecule has 0 aliphatic rings. The highest BCUT2D eigenvalue weighted by molar-refractivity contribution is 6.31. The molecule has 0 unspecified atom stereocenters. The lowest BCUT2D eigenvalue weighted by Crippen LogP contribution is -2.17. The van der Waals surface area contributed by atoms with E-state index in [0.29, 0.717) is 17.5 Å². The van der Waals surface area contributed by atoms with Crippen LogP contribution < -0.4 is 10.6 Å².